The molecule has 0 N–H and O–H groups in total. The molecule has 7 heteroatoms. The lowest BCUT2D eigenvalue weighted by Gasteiger charge is -2.37. The van der Waals surface area contributed by atoms with E-state index < -0.39 is 0 Å². The summed E-state index contributed by atoms with van der Waals surface area (Å²) in [6.45, 7) is 1.79. The van der Waals surface area contributed by atoms with Gasteiger partial charge in [-0.05, 0) is 37.1 Å². The third kappa shape index (κ3) is 2.89. The van der Waals surface area contributed by atoms with E-state index in [1.54, 1.807) is 12.5 Å². The second-order valence-electron chi connectivity index (χ2n) is 6.03. The quantitative estimate of drug-likeness (QED) is 0.726. The molecule has 6 nitrogen and oxygen atoms in total. The molecule has 2 aromatic heterocycles. The van der Waals surface area contributed by atoms with Gasteiger partial charge in [0.25, 0.3) is 6.01 Å². The zero-order chi connectivity index (χ0) is 16.5. The maximum absolute atomic E-state index is 6.03. The molecule has 1 unspecified atom stereocenters. The van der Waals surface area contributed by atoms with Crippen LogP contribution in [0.25, 0.3) is 11.1 Å². The van der Waals surface area contributed by atoms with Crippen molar-refractivity contribution in [3.63, 3.8) is 0 Å². The van der Waals surface area contributed by atoms with E-state index in [1.165, 1.54) is 0 Å². The summed E-state index contributed by atoms with van der Waals surface area (Å²) in [7, 11) is 2.07. The zero-order valence-corrected chi connectivity index (χ0v) is 14.1. The summed E-state index contributed by atoms with van der Waals surface area (Å²) in [5, 5.41) is 0.669. The summed E-state index contributed by atoms with van der Waals surface area (Å²) in [4.78, 5) is 17.3. The van der Waals surface area contributed by atoms with Crippen molar-refractivity contribution in [2.75, 3.05) is 29.9 Å². The average molecular weight is 344 g/mol. The maximum atomic E-state index is 6.03. The first-order valence-electron chi connectivity index (χ1n) is 8.00. The van der Waals surface area contributed by atoms with Crippen molar-refractivity contribution < 1.29 is 4.42 Å². The Labute approximate surface area is 145 Å². The molecule has 0 bridgehead atoms. The van der Waals surface area contributed by atoms with Crippen molar-refractivity contribution in [3.05, 3.63) is 41.8 Å². The number of benzene rings is 1. The van der Waals surface area contributed by atoms with Gasteiger partial charge in [0.15, 0.2) is 5.58 Å². The Bertz CT molecular complexity index is 837. The first-order valence-corrected chi connectivity index (χ1v) is 8.38. The van der Waals surface area contributed by atoms with E-state index in [9.17, 15) is 0 Å². The predicted molar refractivity (Wildman–Crippen MR) is 94.7 cm³/mol. The van der Waals surface area contributed by atoms with Crippen molar-refractivity contribution in [3.8, 4) is 0 Å². The number of fused-ring (bicyclic) bond motifs is 1. The fraction of sp³-hybridized carbons (Fsp3) is 0.353. The Morgan fingerprint density at radius 2 is 2.25 bits per heavy atom. The lowest BCUT2D eigenvalue weighted by Crippen LogP contribution is -2.47. The normalized spacial score (nSPS) is 18.1. The van der Waals surface area contributed by atoms with Crippen molar-refractivity contribution in [1.29, 1.82) is 0 Å². The predicted octanol–water partition coefficient (Wildman–Crippen LogP) is 3.38. The number of oxazole rings is 1. The molecule has 1 fully saturated rings. The van der Waals surface area contributed by atoms with Crippen LogP contribution >= 0.6 is 11.6 Å². The molecule has 0 amide bonds. The second-order valence-corrected chi connectivity index (χ2v) is 6.47. The number of piperidine rings is 1. The largest absolute Gasteiger partial charge is 0.423 e. The van der Waals surface area contributed by atoms with E-state index in [4.69, 9.17) is 16.0 Å². The van der Waals surface area contributed by atoms with E-state index >= 15 is 0 Å². The maximum Gasteiger partial charge on any atom is 0.298 e. The van der Waals surface area contributed by atoms with Crippen LogP contribution in [0.3, 0.4) is 0 Å². The summed E-state index contributed by atoms with van der Waals surface area (Å²) < 4.78 is 5.91. The zero-order valence-electron chi connectivity index (χ0n) is 13.4. The van der Waals surface area contributed by atoms with Crippen LogP contribution in [0.4, 0.5) is 11.8 Å². The van der Waals surface area contributed by atoms with Crippen molar-refractivity contribution in [1.82, 2.24) is 15.0 Å². The van der Waals surface area contributed by atoms with Crippen LogP contribution in [0.5, 0.6) is 0 Å². The SMILES string of the molecule is CN(c1ccncn1)C1CCCN(c2nc3cc(Cl)ccc3o2)C1. The summed E-state index contributed by atoms with van der Waals surface area (Å²) in [6, 6.07) is 8.46. The molecular weight excluding hydrogens is 326 g/mol. The van der Waals surface area contributed by atoms with Gasteiger partial charge in [-0.25, -0.2) is 9.97 Å². The van der Waals surface area contributed by atoms with E-state index in [1.807, 2.05) is 24.3 Å². The standard InChI is InChI=1S/C17H18ClN5O/c1-22(16-6-7-19-11-20-16)13-3-2-8-23(10-13)17-21-14-9-12(18)4-5-15(14)24-17/h4-7,9,11,13H,2-3,8,10H2,1H3. The van der Waals surface area contributed by atoms with Crippen molar-refractivity contribution >= 4 is 34.5 Å². The summed E-state index contributed by atoms with van der Waals surface area (Å²) in [5.74, 6) is 0.932. The minimum absolute atomic E-state index is 0.354. The van der Waals surface area contributed by atoms with Gasteiger partial charge in [-0.15, -0.1) is 0 Å². The summed E-state index contributed by atoms with van der Waals surface area (Å²) >= 11 is 6.03. The molecule has 1 aliphatic heterocycles. The Hall–Kier alpha value is -2.34. The van der Waals surface area contributed by atoms with Crippen LogP contribution in [0, 0.1) is 0 Å². The fourth-order valence-electron chi connectivity index (χ4n) is 3.15. The van der Waals surface area contributed by atoms with Crippen LogP contribution in [-0.2, 0) is 0 Å². The van der Waals surface area contributed by atoms with Gasteiger partial charge in [-0.2, -0.15) is 4.98 Å². The van der Waals surface area contributed by atoms with E-state index in [0.29, 0.717) is 17.1 Å². The molecule has 24 heavy (non-hydrogen) atoms. The molecule has 3 heterocycles. The van der Waals surface area contributed by atoms with Crippen LogP contribution < -0.4 is 9.80 Å². The Kier molecular flexibility index (Phi) is 3.98. The number of aromatic nitrogens is 3. The lowest BCUT2D eigenvalue weighted by molar-refractivity contribution is 0.454. The van der Waals surface area contributed by atoms with E-state index in [2.05, 4.69) is 31.8 Å². The fourth-order valence-corrected chi connectivity index (χ4v) is 3.31. The molecular formula is C17H18ClN5O. The van der Waals surface area contributed by atoms with Gasteiger partial charge in [0.05, 0.1) is 0 Å². The number of nitrogens with zero attached hydrogens (tertiary/aromatic N) is 5. The highest BCUT2D eigenvalue weighted by molar-refractivity contribution is 6.31. The monoisotopic (exact) mass is 343 g/mol. The third-order valence-corrected chi connectivity index (χ3v) is 4.72. The number of hydrogen-bond acceptors (Lipinski definition) is 6. The molecule has 0 aliphatic carbocycles. The molecule has 1 atom stereocenters. The number of anilines is 2. The molecule has 124 valence electrons. The van der Waals surface area contributed by atoms with Crippen LogP contribution in [0.1, 0.15) is 12.8 Å². The minimum Gasteiger partial charge on any atom is -0.423 e. The number of likely N-dealkylation sites (N-methyl/N-ethyl adjacent to an activating group) is 1. The van der Waals surface area contributed by atoms with Crippen LogP contribution in [-0.4, -0.2) is 41.1 Å². The average Bonchev–Trinajstić information content (AvgIpc) is 3.05. The molecule has 3 aromatic rings. The highest BCUT2D eigenvalue weighted by atomic mass is 35.5. The van der Waals surface area contributed by atoms with Gasteiger partial charge < -0.3 is 14.2 Å². The van der Waals surface area contributed by atoms with Gasteiger partial charge in [0.1, 0.15) is 17.7 Å². The first-order chi connectivity index (χ1) is 11.7. The smallest absolute Gasteiger partial charge is 0.298 e. The molecule has 0 radical (unpaired) electrons. The van der Waals surface area contributed by atoms with Gasteiger partial charge in [-0.3, -0.25) is 0 Å². The first kappa shape index (κ1) is 15.2. The highest BCUT2D eigenvalue weighted by Gasteiger charge is 2.26. The lowest BCUT2D eigenvalue weighted by atomic mass is 10.0. The minimum atomic E-state index is 0.354. The number of hydrogen-bond donors (Lipinski definition) is 0. The van der Waals surface area contributed by atoms with Gasteiger partial charge in [0, 0.05) is 37.4 Å². The van der Waals surface area contributed by atoms with Crippen molar-refractivity contribution in [2.24, 2.45) is 0 Å². The van der Waals surface area contributed by atoms with Gasteiger partial charge >= 0.3 is 0 Å². The molecule has 0 saturated carbocycles. The Balaban J connectivity index is 1.55. The number of halogens is 1. The van der Waals surface area contributed by atoms with E-state index in [-0.39, 0.29) is 0 Å². The molecule has 4 rings (SSSR count). The topological polar surface area (TPSA) is 58.3 Å². The van der Waals surface area contributed by atoms with Gasteiger partial charge in [0.2, 0.25) is 0 Å². The van der Waals surface area contributed by atoms with Crippen LogP contribution in [0.2, 0.25) is 5.02 Å². The molecule has 1 aliphatic rings. The third-order valence-electron chi connectivity index (χ3n) is 4.48. The molecule has 1 aromatic carbocycles. The molecule has 0 spiro atoms. The summed E-state index contributed by atoms with van der Waals surface area (Å²) in [6.07, 6.45) is 5.55. The second kappa shape index (κ2) is 6.28. The Morgan fingerprint density at radius 1 is 1.33 bits per heavy atom. The highest BCUT2D eigenvalue weighted by Crippen LogP contribution is 2.28. The van der Waals surface area contributed by atoms with Crippen molar-refractivity contribution in [2.45, 2.75) is 18.9 Å². The van der Waals surface area contributed by atoms with E-state index in [0.717, 1.165) is 42.8 Å². The Morgan fingerprint density at radius 3 is 3.08 bits per heavy atom. The van der Waals surface area contributed by atoms with Gasteiger partial charge in [-0.1, -0.05) is 11.6 Å². The molecule has 1 saturated heterocycles. The summed E-state index contributed by atoms with van der Waals surface area (Å²) in [5.41, 5.74) is 1.56. The van der Waals surface area contributed by atoms with Crippen LogP contribution in [0.15, 0.2) is 41.2 Å². The number of rotatable bonds is 3.